The van der Waals surface area contributed by atoms with E-state index in [1.807, 2.05) is 25.1 Å². The molecular formula is C14H15BrFN3. The van der Waals surface area contributed by atoms with Gasteiger partial charge in [0, 0.05) is 16.4 Å². The molecule has 1 heterocycles. The Morgan fingerprint density at radius 3 is 2.84 bits per heavy atom. The Morgan fingerprint density at radius 1 is 1.42 bits per heavy atom. The molecule has 1 atom stereocenters. The molecule has 5 heteroatoms. The number of nitrogens with zero attached hydrogens (tertiary/aromatic N) is 1. The van der Waals surface area contributed by atoms with Gasteiger partial charge in [0.1, 0.15) is 5.82 Å². The highest BCUT2D eigenvalue weighted by atomic mass is 79.9. The second-order valence-corrected chi connectivity index (χ2v) is 5.25. The van der Waals surface area contributed by atoms with E-state index in [9.17, 15) is 4.39 Å². The lowest BCUT2D eigenvalue weighted by Crippen LogP contribution is -2.30. The lowest BCUT2D eigenvalue weighted by molar-refractivity contribution is 0.525. The largest absolute Gasteiger partial charge is 0.271 e. The monoisotopic (exact) mass is 323 g/mol. The fourth-order valence-corrected chi connectivity index (χ4v) is 2.36. The Hall–Kier alpha value is -1.30. The molecule has 3 nitrogen and oxygen atoms in total. The zero-order chi connectivity index (χ0) is 13.8. The lowest BCUT2D eigenvalue weighted by atomic mass is 9.98. The molecular weight excluding hydrogens is 309 g/mol. The molecule has 19 heavy (non-hydrogen) atoms. The maximum atomic E-state index is 13.8. The molecule has 0 bridgehead atoms. The van der Waals surface area contributed by atoms with Crippen molar-refractivity contribution in [2.24, 2.45) is 5.84 Å². The second-order valence-electron chi connectivity index (χ2n) is 4.34. The van der Waals surface area contributed by atoms with Crippen LogP contribution in [0, 0.1) is 12.7 Å². The minimum absolute atomic E-state index is 0.163. The van der Waals surface area contributed by atoms with E-state index >= 15 is 0 Å². The predicted octanol–water partition coefficient (Wildman–Crippen LogP) is 3.04. The van der Waals surface area contributed by atoms with Gasteiger partial charge in [-0.05, 0) is 42.7 Å². The minimum atomic E-state index is -0.240. The van der Waals surface area contributed by atoms with Crippen molar-refractivity contribution in [3.8, 4) is 0 Å². The molecule has 1 unspecified atom stereocenters. The van der Waals surface area contributed by atoms with E-state index in [1.165, 1.54) is 6.07 Å². The van der Waals surface area contributed by atoms with Crippen LogP contribution in [-0.2, 0) is 6.42 Å². The number of aryl methyl sites for hydroxylation is 1. The van der Waals surface area contributed by atoms with Gasteiger partial charge in [0.25, 0.3) is 0 Å². The van der Waals surface area contributed by atoms with E-state index in [1.54, 1.807) is 12.3 Å². The number of pyridine rings is 1. The number of hydrogen-bond acceptors (Lipinski definition) is 3. The molecule has 0 spiro atoms. The van der Waals surface area contributed by atoms with Gasteiger partial charge < -0.3 is 0 Å². The average Bonchev–Trinajstić information content (AvgIpc) is 2.39. The number of nitrogens with one attached hydrogen (secondary N) is 1. The van der Waals surface area contributed by atoms with Crippen LogP contribution >= 0.6 is 15.9 Å². The molecule has 1 aromatic carbocycles. The molecule has 0 aliphatic heterocycles. The normalized spacial score (nSPS) is 12.4. The summed E-state index contributed by atoms with van der Waals surface area (Å²) in [6.07, 6.45) is 2.20. The predicted molar refractivity (Wildman–Crippen MR) is 76.8 cm³/mol. The molecule has 1 aromatic heterocycles. The highest BCUT2D eigenvalue weighted by Gasteiger charge is 2.15. The summed E-state index contributed by atoms with van der Waals surface area (Å²) in [4.78, 5) is 4.23. The van der Waals surface area contributed by atoms with Gasteiger partial charge in [0.2, 0.25) is 0 Å². The molecule has 100 valence electrons. The van der Waals surface area contributed by atoms with Crippen LogP contribution < -0.4 is 11.3 Å². The standard InChI is InChI=1S/C14H15BrFN3/c1-9-12(3-2-6-18-9)14(19-17)7-10-4-5-11(15)8-13(10)16/h2-6,8,14,19H,7,17H2,1H3. The van der Waals surface area contributed by atoms with E-state index in [-0.39, 0.29) is 11.9 Å². The quantitative estimate of drug-likeness (QED) is 0.671. The molecule has 0 fully saturated rings. The molecule has 0 radical (unpaired) electrons. The first-order valence-electron chi connectivity index (χ1n) is 5.93. The van der Waals surface area contributed by atoms with Gasteiger partial charge in [-0.3, -0.25) is 16.3 Å². The number of benzene rings is 1. The third-order valence-electron chi connectivity index (χ3n) is 3.06. The number of rotatable bonds is 4. The van der Waals surface area contributed by atoms with Crippen molar-refractivity contribution >= 4 is 15.9 Å². The van der Waals surface area contributed by atoms with Crippen LogP contribution in [0.5, 0.6) is 0 Å². The SMILES string of the molecule is Cc1ncccc1C(Cc1ccc(Br)cc1F)NN. The van der Waals surface area contributed by atoms with Crippen molar-refractivity contribution in [3.63, 3.8) is 0 Å². The van der Waals surface area contributed by atoms with Crippen LogP contribution in [0.25, 0.3) is 0 Å². The van der Waals surface area contributed by atoms with Gasteiger partial charge in [-0.2, -0.15) is 0 Å². The van der Waals surface area contributed by atoms with Crippen molar-refractivity contribution in [3.05, 3.63) is 63.6 Å². The first kappa shape index (κ1) is 14.1. The highest BCUT2D eigenvalue weighted by Crippen LogP contribution is 2.23. The van der Waals surface area contributed by atoms with Crippen LogP contribution in [0.1, 0.15) is 22.9 Å². The first-order valence-corrected chi connectivity index (χ1v) is 6.72. The number of aromatic nitrogens is 1. The van der Waals surface area contributed by atoms with E-state index in [4.69, 9.17) is 5.84 Å². The summed E-state index contributed by atoms with van der Waals surface area (Å²) in [6, 6.07) is 8.68. The zero-order valence-corrected chi connectivity index (χ0v) is 12.1. The number of halogens is 2. The topological polar surface area (TPSA) is 50.9 Å². The fraction of sp³-hybridized carbons (Fsp3) is 0.214. The fourth-order valence-electron chi connectivity index (χ4n) is 2.03. The van der Waals surface area contributed by atoms with Gasteiger partial charge in [0.15, 0.2) is 0 Å². The van der Waals surface area contributed by atoms with Crippen LogP contribution in [0.3, 0.4) is 0 Å². The maximum absolute atomic E-state index is 13.8. The molecule has 0 aliphatic carbocycles. The Morgan fingerprint density at radius 2 is 2.21 bits per heavy atom. The van der Waals surface area contributed by atoms with E-state index in [0.717, 1.165) is 15.7 Å². The van der Waals surface area contributed by atoms with E-state index in [0.29, 0.717) is 12.0 Å². The van der Waals surface area contributed by atoms with Crippen molar-refractivity contribution in [2.45, 2.75) is 19.4 Å². The second kappa shape index (κ2) is 6.23. The lowest BCUT2D eigenvalue weighted by Gasteiger charge is -2.18. The molecule has 0 amide bonds. The smallest absolute Gasteiger partial charge is 0.127 e. The Kier molecular flexibility index (Phi) is 4.63. The Bertz CT molecular complexity index is 574. The molecule has 2 aromatic rings. The van der Waals surface area contributed by atoms with Crippen LogP contribution in [0.15, 0.2) is 41.0 Å². The average molecular weight is 324 g/mol. The molecule has 0 saturated carbocycles. The van der Waals surface area contributed by atoms with Crippen LogP contribution in [0.2, 0.25) is 0 Å². The summed E-state index contributed by atoms with van der Waals surface area (Å²) in [5, 5.41) is 0. The Balaban J connectivity index is 2.27. The summed E-state index contributed by atoms with van der Waals surface area (Å²) in [5.74, 6) is 5.35. The van der Waals surface area contributed by atoms with Crippen LogP contribution in [-0.4, -0.2) is 4.98 Å². The number of hydrogen-bond donors (Lipinski definition) is 2. The molecule has 0 aliphatic rings. The van der Waals surface area contributed by atoms with Crippen molar-refractivity contribution < 1.29 is 4.39 Å². The van der Waals surface area contributed by atoms with Gasteiger partial charge in [0.05, 0.1) is 6.04 Å². The maximum Gasteiger partial charge on any atom is 0.127 e. The van der Waals surface area contributed by atoms with Crippen molar-refractivity contribution in [1.29, 1.82) is 0 Å². The number of hydrazine groups is 1. The first-order chi connectivity index (χ1) is 9.11. The zero-order valence-electron chi connectivity index (χ0n) is 10.5. The summed E-state index contributed by atoms with van der Waals surface area (Å²) >= 11 is 3.25. The van der Waals surface area contributed by atoms with E-state index in [2.05, 4.69) is 26.3 Å². The minimum Gasteiger partial charge on any atom is -0.271 e. The number of nitrogens with two attached hydrogens (primary N) is 1. The summed E-state index contributed by atoms with van der Waals surface area (Å²) in [5.41, 5.74) is 5.22. The van der Waals surface area contributed by atoms with Crippen molar-refractivity contribution in [1.82, 2.24) is 10.4 Å². The van der Waals surface area contributed by atoms with Gasteiger partial charge in [-0.25, -0.2) is 4.39 Å². The Labute approximate surface area is 120 Å². The van der Waals surface area contributed by atoms with Crippen molar-refractivity contribution in [2.75, 3.05) is 0 Å². The summed E-state index contributed by atoms with van der Waals surface area (Å²) in [6.45, 7) is 1.91. The summed E-state index contributed by atoms with van der Waals surface area (Å²) in [7, 11) is 0. The van der Waals surface area contributed by atoms with Crippen LogP contribution in [0.4, 0.5) is 4.39 Å². The third-order valence-corrected chi connectivity index (χ3v) is 3.56. The highest BCUT2D eigenvalue weighted by molar-refractivity contribution is 9.10. The van der Waals surface area contributed by atoms with Gasteiger partial charge in [-0.15, -0.1) is 0 Å². The van der Waals surface area contributed by atoms with E-state index < -0.39 is 0 Å². The van der Waals surface area contributed by atoms with Gasteiger partial charge in [-0.1, -0.05) is 28.1 Å². The molecule has 0 saturated heterocycles. The summed E-state index contributed by atoms with van der Waals surface area (Å²) < 4.78 is 14.6. The van der Waals surface area contributed by atoms with Gasteiger partial charge >= 0.3 is 0 Å². The molecule has 2 rings (SSSR count). The third kappa shape index (κ3) is 3.37. The molecule has 3 N–H and O–H groups in total.